The van der Waals surface area contributed by atoms with Gasteiger partial charge in [0.05, 0.1) is 0 Å². The van der Waals surface area contributed by atoms with E-state index in [0.29, 0.717) is 0 Å². The van der Waals surface area contributed by atoms with Gasteiger partial charge in [-0.2, -0.15) is 0 Å². The van der Waals surface area contributed by atoms with Gasteiger partial charge in [0.1, 0.15) is 5.82 Å². The fraction of sp³-hybridized carbons (Fsp3) is 0.571. The molecule has 0 saturated carbocycles. The minimum absolute atomic E-state index is 0.213. The maximum absolute atomic E-state index is 12.9. The third-order valence-corrected chi connectivity index (χ3v) is 3.35. The zero-order valence-electron chi connectivity index (χ0n) is 10.8. The largest absolute Gasteiger partial charge is 0.381 e. The molecule has 0 aromatic heterocycles. The lowest BCUT2D eigenvalue weighted by atomic mass is 10.2. The molecule has 1 N–H and O–H groups in total. The van der Waals surface area contributed by atoms with Crippen LogP contribution in [-0.2, 0) is 11.3 Å². The molecule has 0 amide bonds. The van der Waals surface area contributed by atoms with E-state index in [9.17, 15) is 4.39 Å². The molecular formula is C14H21BrFNO. The summed E-state index contributed by atoms with van der Waals surface area (Å²) in [5.74, 6) is -0.213. The molecule has 0 saturated heterocycles. The monoisotopic (exact) mass is 317 g/mol. The van der Waals surface area contributed by atoms with Crippen LogP contribution < -0.4 is 5.32 Å². The summed E-state index contributed by atoms with van der Waals surface area (Å²) in [6, 6.07) is 4.77. The van der Waals surface area contributed by atoms with Crippen molar-refractivity contribution in [2.45, 2.75) is 32.7 Å². The maximum Gasteiger partial charge on any atom is 0.124 e. The molecule has 1 aromatic carbocycles. The van der Waals surface area contributed by atoms with E-state index < -0.39 is 0 Å². The van der Waals surface area contributed by atoms with Crippen molar-refractivity contribution in [3.05, 3.63) is 34.1 Å². The highest BCUT2D eigenvalue weighted by Crippen LogP contribution is 2.17. The second-order valence-electron chi connectivity index (χ2n) is 4.23. The Labute approximate surface area is 117 Å². The number of halogens is 2. The molecule has 0 unspecified atom stereocenters. The Balaban J connectivity index is 2.07. The average molecular weight is 318 g/mol. The van der Waals surface area contributed by atoms with Gasteiger partial charge in [-0.05, 0) is 37.1 Å². The number of benzene rings is 1. The summed E-state index contributed by atoms with van der Waals surface area (Å²) in [5.41, 5.74) is 1.07. The van der Waals surface area contributed by atoms with Crippen LogP contribution in [0.15, 0.2) is 22.7 Å². The summed E-state index contributed by atoms with van der Waals surface area (Å²) in [6.45, 7) is 5.48. The summed E-state index contributed by atoms with van der Waals surface area (Å²) < 4.78 is 19.2. The Hall–Kier alpha value is -0.450. The van der Waals surface area contributed by atoms with Gasteiger partial charge in [0.2, 0.25) is 0 Å². The van der Waals surface area contributed by atoms with Gasteiger partial charge in [0, 0.05) is 24.2 Å². The summed E-state index contributed by atoms with van der Waals surface area (Å²) in [5, 5.41) is 3.32. The number of ether oxygens (including phenoxy) is 1. The Bertz CT molecular complexity index is 347. The first-order chi connectivity index (χ1) is 8.74. The number of hydrogen-bond acceptors (Lipinski definition) is 2. The lowest BCUT2D eigenvalue weighted by molar-refractivity contribution is 0.129. The number of hydrogen-bond donors (Lipinski definition) is 1. The number of nitrogens with one attached hydrogen (secondary N) is 1. The molecule has 1 aromatic rings. The molecule has 0 aliphatic carbocycles. The smallest absolute Gasteiger partial charge is 0.124 e. The Kier molecular flexibility index (Phi) is 8.22. The van der Waals surface area contributed by atoms with E-state index in [-0.39, 0.29) is 5.82 Å². The van der Waals surface area contributed by atoms with Crippen LogP contribution in [0.2, 0.25) is 0 Å². The zero-order valence-corrected chi connectivity index (χ0v) is 12.4. The van der Waals surface area contributed by atoms with E-state index in [2.05, 4.69) is 28.2 Å². The molecule has 4 heteroatoms. The van der Waals surface area contributed by atoms with Crippen molar-refractivity contribution >= 4 is 15.9 Å². The summed E-state index contributed by atoms with van der Waals surface area (Å²) in [7, 11) is 0. The van der Waals surface area contributed by atoms with Gasteiger partial charge in [0.15, 0.2) is 0 Å². The van der Waals surface area contributed by atoms with Gasteiger partial charge >= 0.3 is 0 Å². The van der Waals surface area contributed by atoms with Gasteiger partial charge in [-0.25, -0.2) is 4.39 Å². The molecule has 0 bridgehead atoms. The van der Waals surface area contributed by atoms with Crippen LogP contribution in [0.25, 0.3) is 0 Å². The van der Waals surface area contributed by atoms with Crippen LogP contribution in [0, 0.1) is 5.82 Å². The fourth-order valence-electron chi connectivity index (χ4n) is 1.54. The lowest BCUT2D eigenvalue weighted by Crippen LogP contribution is -2.16. The summed E-state index contributed by atoms with van der Waals surface area (Å²) in [6.07, 6.45) is 3.31. The molecule has 0 radical (unpaired) electrons. The van der Waals surface area contributed by atoms with Crippen molar-refractivity contribution in [1.82, 2.24) is 5.32 Å². The van der Waals surface area contributed by atoms with Crippen molar-refractivity contribution in [2.75, 3.05) is 19.8 Å². The maximum atomic E-state index is 12.9. The van der Waals surface area contributed by atoms with Gasteiger partial charge in [0.25, 0.3) is 0 Å². The van der Waals surface area contributed by atoms with Gasteiger partial charge in [-0.15, -0.1) is 0 Å². The highest BCUT2D eigenvalue weighted by Gasteiger charge is 2.00. The fourth-order valence-corrected chi connectivity index (χ4v) is 2.03. The highest BCUT2D eigenvalue weighted by molar-refractivity contribution is 9.10. The first-order valence-electron chi connectivity index (χ1n) is 6.46. The Morgan fingerprint density at radius 3 is 2.78 bits per heavy atom. The topological polar surface area (TPSA) is 21.3 Å². The quantitative estimate of drug-likeness (QED) is 0.698. The molecule has 2 nitrogen and oxygen atoms in total. The Morgan fingerprint density at radius 2 is 2.06 bits per heavy atom. The number of rotatable bonds is 9. The van der Waals surface area contributed by atoms with Crippen LogP contribution in [0.1, 0.15) is 31.7 Å². The normalized spacial score (nSPS) is 10.8. The molecule has 18 heavy (non-hydrogen) atoms. The first kappa shape index (κ1) is 15.6. The van der Waals surface area contributed by atoms with Crippen LogP contribution in [0.3, 0.4) is 0 Å². The van der Waals surface area contributed by atoms with E-state index in [4.69, 9.17) is 4.74 Å². The predicted octanol–water partition coefficient (Wildman–Crippen LogP) is 3.88. The van der Waals surface area contributed by atoms with Crippen LogP contribution >= 0.6 is 15.9 Å². The predicted molar refractivity (Wildman–Crippen MR) is 76.2 cm³/mol. The zero-order chi connectivity index (χ0) is 13.2. The summed E-state index contributed by atoms with van der Waals surface area (Å²) >= 11 is 3.35. The van der Waals surface area contributed by atoms with E-state index in [1.165, 1.54) is 18.6 Å². The highest BCUT2D eigenvalue weighted by atomic mass is 79.9. The molecule has 0 aliphatic rings. The second kappa shape index (κ2) is 9.48. The first-order valence-corrected chi connectivity index (χ1v) is 7.25. The SMILES string of the molecule is CCCCOCCCNCc1ccc(F)cc1Br. The molecule has 102 valence electrons. The van der Waals surface area contributed by atoms with E-state index >= 15 is 0 Å². The minimum atomic E-state index is -0.213. The van der Waals surface area contributed by atoms with Crippen LogP contribution in [-0.4, -0.2) is 19.8 Å². The minimum Gasteiger partial charge on any atom is -0.381 e. The molecule has 0 heterocycles. The van der Waals surface area contributed by atoms with E-state index in [0.717, 1.165) is 49.2 Å². The van der Waals surface area contributed by atoms with Crippen molar-refractivity contribution < 1.29 is 9.13 Å². The van der Waals surface area contributed by atoms with Crippen molar-refractivity contribution in [1.29, 1.82) is 0 Å². The second-order valence-corrected chi connectivity index (χ2v) is 5.09. The van der Waals surface area contributed by atoms with Crippen LogP contribution in [0.5, 0.6) is 0 Å². The molecule has 0 spiro atoms. The lowest BCUT2D eigenvalue weighted by Gasteiger charge is -2.07. The average Bonchev–Trinajstić information content (AvgIpc) is 2.35. The summed E-state index contributed by atoms with van der Waals surface area (Å²) in [4.78, 5) is 0. The number of unbranched alkanes of at least 4 members (excludes halogenated alkanes) is 1. The Morgan fingerprint density at radius 1 is 1.28 bits per heavy atom. The molecular weight excluding hydrogens is 297 g/mol. The third-order valence-electron chi connectivity index (χ3n) is 2.62. The third kappa shape index (κ3) is 6.47. The standard InChI is InChI=1S/C14H21BrFNO/c1-2-3-8-18-9-4-7-17-11-12-5-6-13(16)10-14(12)15/h5-6,10,17H,2-4,7-9,11H2,1H3. The van der Waals surface area contributed by atoms with Crippen molar-refractivity contribution in [3.63, 3.8) is 0 Å². The van der Waals surface area contributed by atoms with Gasteiger partial charge < -0.3 is 10.1 Å². The molecule has 0 atom stereocenters. The molecule has 1 rings (SSSR count). The van der Waals surface area contributed by atoms with Crippen molar-refractivity contribution in [2.24, 2.45) is 0 Å². The van der Waals surface area contributed by atoms with Crippen molar-refractivity contribution in [3.8, 4) is 0 Å². The van der Waals surface area contributed by atoms with E-state index in [1.807, 2.05) is 0 Å². The van der Waals surface area contributed by atoms with Gasteiger partial charge in [-0.1, -0.05) is 35.3 Å². The molecule has 0 aliphatic heterocycles. The van der Waals surface area contributed by atoms with E-state index in [1.54, 1.807) is 6.07 Å². The molecule has 0 fully saturated rings. The van der Waals surface area contributed by atoms with Crippen LogP contribution in [0.4, 0.5) is 4.39 Å². The van der Waals surface area contributed by atoms with Gasteiger partial charge in [-0.3, -0.25) is 0 Å².